The van der Waals surface area contributed by atoms with Gasteiger partial charge in [0, 0.05) is 0 Å². The molecule has 0 bridgehead atoms. The van der Waals surface area contributed by atoms with E-state index in [2.05, 4.69) is 15.3 Å². The Morgan fingerprint density at radius 2 is 1.76 bits per heavy atom. The van der Waals surface area contributed by atoms with Gasteiger partial charge in [-0.05, 0) is 54.5 Å². The summed E-state index contributed by atoms with van der Waals surface area (Å²) < 4.78 is 16.9. The van der Waals surface area contributed by atoms with Gasteiger partial charge in [-0.3, -0.25) is 10.3 Å². The lowest BCUT2D eigenvalue weighted by atomic mass is 9.90. The Bertz CT molecular complexity index is 635. The van der Waals surface area contributed by atoms with Crippen LogP contribution in [-0.2, 0) is 14.0 Å². The highest BCUT2D eigenvalue weighted by Crippen LogP contribution is 2.36. The fourth-order valence-corrected chi connectivity index (χ4v) is 2.04. The Hall–Kier alpha value is -1.93. The molecule has 0 saturated carbocycles. The molecule has 7 nitrogen and oxygen atoms in total. The lowest BCUT2D eigenvalue weighted by molar-refractivity contribution is 0.00578. The first-order valence-electron chi connectivity index (χ1n) is 8.24. The molecule has 1 amide bonds. The van der Waals surface area contributed by atoms with Crippen molar-refractivity contribution in [2.45, 2.75) is 65.3 Å². The maximum atomic E-state index is 11.7. The fraction of sp³-hybridized carbons (Fsp3) is 0.588. The van der Waals surface area contributed by atoms with Gasteiger partial charge < -0.3 is 14.0 Å². The molecule has 136 valence electrons. The standard InChI is InChI=1S/C17H26BN3O4/c1-15(2,3)23-14(22)21-13-11-19-12(10-20-13)8-9-18-24-16(4,5)17(6,7)25-18/h8-11H,1-7H3,(H,20,21,22)/b9-8+. The van der Waals surface area contributed by atoms with Crippen molar-refractivity contribution in [1.82, 2.24) is 9.97 Å². The van der Waals surface area contributed by atoms with E-state index in [-0.39, 0.29) is 11.2 Å². The zero-order chi connectivity index (χ0) is 18.9. The molecule has 25 heavy (non-hydrogen) atoms. The summed E-state index contributed by atoms with van der Waals surface area (Å²) in [7, 11) is -0.439. The number of rotatable bonds is 3. The van der Waals surface area contributed by atoms with Crippen molar-refractivity contribution in [2.24, 2.45) is 0 Å². The Balaban J connectivity index is 1.94. The smallest absolute Gasteiger partial charge is 0.444 e. The number of hydrogen-bond acceptors (Lipinski definition) is 6. The van der Waals surface area contributed by atoms with Gasteiger partial charge >= 0.3 is 13.2 Å². The first-order chi connectivity index (χ1) is 11.4. The Kier molecular flexibility index (Phi) is 5.25. The van der Waals surface area contributed by atoms with Crippen LogP contribution in [-0.4, -0.2) is 40.0 Å². The Labute approximate surface area is 149 Å². The maximum absolute atomic E-state index is 11.7. The van der Waals surface area contributed by atoms with Crippen LogP contribution in [0.1, 0.15) is 54.2 Å². The van der Waals surface area contributed by atoms with Crippen molar-refractivity contribution in [1.29, 1.82) is 0 Å². The molecule has 0 radical (unpaired) electrons. The third-order valence-corrected chi connectivity index (χ3v) is 4.00. The average Bonchev–Trinajstić information content (AvgIpc) is 2.64. The zero-order valence-electron chi connectivity index (χ0n) is 15.9. The molecule has 1 aliphatic heterocycles. The molecule has 8 heteroatoms. The Morgan fingerprint density at radius 1 is 1.16 bits per heavy atom. The van der Waals surface area contributed by atoms with Gasteiger partial charge in [0.1, 0.15) is 5.60 Å². The molecule has 2 rings (SSSR count). The van der Waals surface area contributed by atoms with Gasteiger partial charge in [-0.25, -0.2) is 9.78 Å². The van der Waals surface area contributed by atoms with Crippen molar-refractivity contribution < 1.29 is 18.8 Å². The number of hydrogen-bond donors (Lipinski definition) is 1. The van der Waals surface area contributed by atoms with Crippen LogP contribution in [0.3, 0.4) is 0 Å². The lowest BCUT2D eigenvalue weighted by Gasteiger charge is -2.32. The molecule has 0 unspecified atom stereocenters. The molecular weight excluding hydrogens is 321 g/mol. The van der Waals surface area contributed by atoms with E-state index in [0.717, 1.165) is 0 Å². The van der Waals surface area contributed by atoms with E-state index >= 15 is 0 Å². The van der Waals surface area contributed by atoms with E-state index < -0.39 is 18.8 Å². The van der Waals surface area contributed by atoms with E-state index in [1.807, 2.05) is 27.7 Å². The highest BCUT2D eigenvalue weighted by atomic mass is 16.7. The normalized spacial score (nSPS) is 19.2. The molecule has 0 atom stereocenters. The van der Waals surface area contributed by atoms with Gasteiger partial charge in [-0.2, -0.15) is 0 Å². The van der Waals surface area contributed by atoms with E-state index in [1.165, 1.54) is 6.20 Å². The predicted octanol–water partition coefficient (Wildman–Crippen LogP) is 3.47. The molecule has 1 aliphatic rings. The highest BCUT2D eigenvalue weighted by Gasteiger charge is 2.50. The SMILES string of the molecule is CC(C)(C)OC(=O)Nc1cnc(/C=C/B2OC(C)(C)C(C)(C)O2)cn1. The highest BCUT2D eigenvalue weighted by molar-refractivity contribution is 6.52. The largest absolute Gasteiger partial charge is 0.487 e. The number of anilines is 1. The number of amides is 1. The average molecular weight is 347 g/mol. The van der Waals surface area contributed by atoms with Crippen LogP contribution in [0.5, 0.6) is 0 Å². The van der Waals surface area contributed by atoms with Crippen LogP contribution >= 0.6 is 0 Å². The van der Waals surface area contributed by atoms with Crippen molar-refractivity contribution in [3.63, 3.8) is 0 Å². The summed E-state index contributed by atoms with van der Waals surface area (Å²) in [6, 6.07) is 0. The summed E-state index contributed by atoms with van der Waals surface area (Å²) in [6.07, 6.45) is 4.22. The van der Waals surface area contributed by atoms with E-state index in [4.69, 9.17) is 14.0 Å². The fourth-order valence-electron chi connectivity index (χ4n) is 2.04. The van der Waals surface area contributed by atoms with Crippen molar-refractivity contribution in [3.05, 3.63) is 24.1 Å². The van der Waals surface area contributed by atoms with Crippen LogP contribution in [0.25, 0.3) is 6.08 Å². The summed E-state index contributed by atoms with van der Waals surface area (Å²) in [5, 5.41) is 2.54. The van der Waals surface area contributed by atoms with E-state index in [1.54, 1.807) is 39.0 Å². The van der Waals surface area contributed by atoms with Gasteiger partial charge in [-0.1, -0.05) is 5.98 Å². The number of nitrogens with one attached hydrogen (secondary N) is 1. The predicted molar refractivity (Wildman–Crippen MR) is 97.0 cm³/mol. The van der Waals surface area contributed by atoms with Gasteiger partial charge in [0.05, 0.1) is 29.3 Å². The third kappa shape index (κ3) is 5.27. The van der Waals surface area contributed by atoms with Crippen molar-refractivity contribution in [3.8, 4) is 0 Å². The van der Waals surface area contributed by atoms with Crippen LogP contribution in [0, 0.1) is 0 Å². The number of carbonyl (C=O) groups is 1. The summed E-state index contributed by atoms with van der Waals surface area (Å²) in [5.74, 6) is 2.11. The van der Waals surface area contributed by atoms with Gasteiger partial charge in [-0.15, -0.1) is 0 Å². The number of carbonyl (C=O) groups excluding carboxylic acids is 1. The van der Waals surface area contributed by atoms with Crippen LogP contribution in [0.2, 0.25) is 0 Å². The summed E-state index contributed by atoms with van der Waals surface area (Å²) >= 11 is 0. The quantitative estimate of drug-likeness (QED) is 0.843. The lowest BCUT2D eigenvalue weighted by Crippen LogP contribution is -2.41. The monoisotopic (exact) mass is 347 g/mol. The number of nitrogens with zero attached hydrogens (tertiary/aromatic N) is 2. The molecule has 1 aromatic heterocycles. The summed E-state index contributed by atoms with van der Waals surface area (Å²) in [5.41, 5.74) is -0.697. The molecule has 1 saturated heterocycles. The number of aromatic nitrogens is 2. The van der Waals surface area contributed by atoms with Gasteiger partial charge in [0.15, 0.2) is 5.82 Å². The van der Waals surface area contributed by atoms with E-state index in [0.29, 0.717) is 11.5 Å². The summed E-state index contributed by atoms with van der Waals surface area (Å²) in [6.45, 7) is 13.4. The van der Waals surface area contributed by atoms with E-state index in [9.17, 15) is 4.79 Å². The minimum Gasteiger partial charge on any atom is -0.444 e. The van der Waals surface area contributed by atoms with Crippen molar-refractivity contribution in [2.75, 3.05) is 5.32 Å². The van der Waals surface area contributed by atoms with Gasteiger partial charge in [0.25, 0.3) is 0 Å². The molecule has 0 aromatic carbocycles. The minimum atomic E-state index is -0.567. The number of ether oxygens (including phenoxy) is 1. The zero-order valence-corrected chi connectivity index (χ0v) is 15.9. The molecule has 1 N–H and O–H groups in total. The van der Waals surface area contributed by atoms with Crippen LogP contribution in [0.15, 0.2) is 18.4 Å². The second-order valence-corrected chi connectivity index (χ2v) is 7.94. The molecule has 0 spiro atoms. The van der Waals surface area contributed by atoms with Crippen LogP contribution in [0.4, 0.5) is 10.6 Å². The topological polar surface area (TPSA) is 82.6 Å². The van der Waals surface area contributed by atoms with Gasteiger partial charge in [0.2, 0.25) is 0 Å². The molecule has 1 fully saturated rings. The van der Waals surface area contributed by atoms with Crippen LogP contribution < -0.4 is 5.32 Å². The second kappa shape index (κ2) is 6.76. The first kappa shape index (κ1) is 19.4. The second-order valence-electron chi connectivity index (χ2n) is 7.94. The van der Waals surface area contributed by atoms with Crippen molar-refractivity contribution >= 4 is 25.1 Å². The molecule has 2 heterocycles. The Morgan fingerprint density at radius 3 is 2.24 bits per heavy atom. The maximum Gasteiger partial charge on any atom is 0.487 e. The first-order valence-corrected chi connectivity index (χ1v) is 8.24. The third-order valence-electron chi connectivity index (χ3n) is 4.00. The molecule has 0 aliphatic carbocycles. The molecule has 1 aromatic rings. The minimum absolute atomic E-state index is 0.321. The molecular formula is C17H26BN3O4. The summed E-state index contributed by atoms with van der Waals surface area (Å²) in [4.78, 5) is 20.1.